The van der Waals surface area contributed by atoms with Crippen LogP contribution in [0.15, 0.2) is 11.6 Å². The van der Waals surface area contributed by atoms with E-state index in [0.717, 1.165) is 18.4 Å². The first-order valence-electron chi connectivity index (χ1n) is 31.6. The van der Waals surface area contributed by atoms with Gasteiger partial charge in [0.05, 0.1) is 56.9 Å². The molecule has 0 aromatic carbocycles. The Labute approximate surface area is 517 Å². The maximum absolute atomic E-state index is 12.8. The van der Waals surface area contributed by atoms with E-state index in [-0.39, 0.29) is 35.5 Å². The normalized spacial score (nSPS) is 51.8. The van der Waals surface area contributed by atoms with Crippen LogP contribution < -0.4 is 0 Å². The molecule has 8 fully saturated rings. The number of aliphatic hydroxyl groups is 19. The summed E-state index contributed by atoms with van der Waals surface area (Å²) >= 11 is 0. The molecular formula is C60H102O29. The fourth-order valence-electron chi connectivity index (χ4n) is 17.0. The number of ether oxygens (including phenoxy) is 10. The van der Waals surface area contributed by atoms with Crippen molar-refractivity contribution in [2.75, 3.05) is 33.0 Å². The first kappa shape index (κ1) is 71.9. The van der Waals surface area contributed by atoms with Crippen LogP contribution in [0.25, 0.3) is 0 Å². The van der Waals surface area contributed by atoms with Crippen molar-refractivity contribution in [3.8, 4) is 0 Å². The molecule has 5 saturated heterocycles. The first-order valence-corrected chi connectivity index (χ1v) is 31.6. The van der Waals surface area contributed by atoms with Crippen molar-refractivity contribution < 1.29 is 144 Å². The Balaban J connectivity index is 0.883. The van der Waals surface area contributed by atoms with Gasteiger partial charge >= 0.3 is 0 Å². The van der Waals surface area contributed by atoms with Gasteiger partial charge in [-0.1, -0.05) is 53.2 Å². The minimum absolute atomic E-state index is 0.0310. The van der Waals surface area contributed by atoms with E-state index in [1.165, 1.54) is 13.8 Å². The van der Waals surface area contributed by atoms with E-state index in [1.54, 1.807) is 0 Å². The zero-order valence-corrected chi connectivity index (χ0v) is 51.8. The van der Waals surface area contributed by atoms with Gasteiger partial charge in [-0.2, -0.15) is 0 Å². The average Bonchev–Trinajstić information content (AvgIpc) is 1.66. The molecule has 29 heteroatoms. The van der Waals surface area contributed by atoms with Crippen LogP contribution in [-0.4, -0.2) is 308 Å². The van der Waals surface area contributed by atoms with Crippen LogP contribution in [0.4, 0.5) is 0 Å². The second-order valence-electron chi connectivity index (χ2n) is 28.7. The quantitative estimate of drug-likeness (QED) is 0.0506. The van der Waals surface area contributed by atoms with Gasteiger partial charge in [0.2, 0.25) is 0 Å². The summed E-state index contributed by atoms with van der Waals surface area (Å²) in [5, 5.41) is 205. The van der Waals surface area contributed by atoms with E-state index < -0.39 is 227 Å². The van der Waals surface area contributed by atoms with Crippen molar-refractivity contribution in [3.63, 3.8) is 0 Å². The van der Waals surface area contributed by atoms with Crippen molar-refractivity contribution in [1.29, 1.82) is 0 Å². The Kier molecular flexibility index (Phi) is 22.3. The van der Waals surface area contributed by atoms with Crippen LogP contribution in [0, 0.1) is 45.3 Å². The number of allylic oxidation sites excluding steroid dienone is 1. The molecule has 3 saturated carbocycles. The van der Waals surface area contributed by atoms with Gasteiger partial charge < -0.3 is 144 Å². The summed E-state index contributed by atoms with van der Waals surface area (Å²) in [6.45, 7) is 12.6. The monoisotopic (exact) mass is 1290 g/mol. The molecule has 0 spiro atoms. The highest BCUT2D eigenvalue weighted by molar-refractivity contribution is 5.32. The van der Waals surface area contributed by atoms with Gasteiger partial charge in [-0.05, 0) is 99.7 Å². The minimum atomic E-state index is -1.96. The van der Waals surface area contributed by atoms with Crippen molar-refractivity contribution in [1.82, 2.24) is 0 Å². The number of hydrogen-bond acceptors (Lipinski definition) is 29. The maximum atomic E-state index is 12.8. The molecule has 0 aromatic rings. The summed E-state index contributed by atoms with van der Waals surface area (Å²) < 4.78 is 59.3. The van der Waals surface area contributed by atoms with E-state index in [2.05, 4.69) is 33.8 Å². The molecule has 89 heavy (non-hydrogen) atoms. The van der Waals surface area contributed by atoms with Crippen LogP contribution in [0.5, 0.6) is 0 Å². The molecule has 5 heterocycles. The largest absolute Gasteiger partial charge is 0.394 e. The summed E-state index contributed by atoms with van der Waals surface area (Å²) in [5.41, 5.74) is -2.49. The molecule has 0 aromatic heterocycles. The lowest BCUT2D eigenvalue weighted by atomic mass is 9.38. The van der Waals surface area contributed by atoms with Crippen molar-refractivity contribution in [2.45, 2.75) is 284 Å². The summed E-state index contributed by atoms with van der Waals surface area (Å²) in [4.78, 5) is 0. The Morgan fingerprint density at radius 1 is 0.517 bits per heavy atom. The van der Waals surface area contributed by atoms with Gasteiger partial charge in [-0.3, -0.25) is 0 Å². The van der Waals surface area contributed by atoms with Crippen LogP contribution in [0.2, 0.25) is 0 Å². The summed E-state index contributed by atoms with van der Waals surface area (Å²) in [6.07, 6.45) is -37.4. The van der Waals surface area contributed by atoms with Crippen LogP contribution in [0.1, 0.15) is 107 Å². The molecule has 5 aliphatic heterocycles. The number of fused-ring (bicyclic) bond motifs is 5. The number of aliphatic hydroxyl groups excluding tert-OH is 18. The zero-order chi connectivity index (χ0) is 65.5. The lowest BCUT2D eigenvalue weighted by Gasteiger charge is -2.67. The van der Waals surface area contributed by atoms with Gasteiger partial charge in [0.1, 0.15) is 122 Å². The number of rotatable bonds is 20. The zero-order valence-electron chi connectivity index (χ0n) is 51.8. The molecule has 516 valence electrons. The Hall–Kier alpha value is -1.42. The third kappa shape index (κ3) is 13.1. The van der Waals surface area contributed by atoms with Gasteiger partial charge in [-0.15, -0.1) is 0 Å². The molecule has 4 aliphatic carbocycles. The van der Waals surface area contributed by atoms with E-state index >= 15 is 0 Å². The van der Waals surface area contributed by atoms with Gasteiger partial charge in [0.15, 0.2) is 31.5 Å². The molecule has 35 atom stereocenters. The van der Waals surface area contributed by atoms with E-state index in [0.29, 0.717) is 32.1 Å². The fourth-order valence-corrected chi connectivity index (χ4v) is 17.0. The summed E-state index contributed by atoms with van der Waals surface area (Å²) in [6, 6.07) is 0. The van der Waals surface area contributed by atoms with E-state index in [4.69, 9.17) is 47.4 Å². The summed E-state index contributed by atoms with van der Waals surface area (Å²) in [7, 11) is 0. The third-order valence-electron chi connectivity index (χ3n) is 22.9. The first-order chi connectivity index (χ1) is 41.6. The summed E-state index contributed by atoms with van der Waals surface area (Å²) in [5.74, 6) is -0.0172. The second-order valence-corrected chi connectivity index (χ2v) is 28.7. The molecule has 29 nitrogen and oxygen atoms in total. The SMILES string of the molecule is C[C@H](CC[C@@H](O[C@@H]1O[C@H](CO[C@@H]2O[C@H](CO)[C@@H](O)[C@H](O)[C@H]2O)[C@@H](O)[C@H](O)[C@H]1O[C@@H]1O[C@H](CO)[C@@H](O)[C@H](O)[C@H]1O)C(C)(C)O)[C@H]1CC[C@@]2(C)[C@H]3CC=C4[C@@H](CC[C@H](O[C@@H]5O[C@H](CO[C@@H]6O[C@H](CO)[C@@H](O)[C@H](O)[C@H]6O)[C@@H](O)[C@H](O)[C@H]5O)C4(C)C)[C@]3(C)[C@H](O)C[C@]12C. The Bertz CT molecular complexity index is 2340. The topological polar surface area (TPSA) is 477 Å². The fraction of sp³-hybridized carbons (Fsp3) is 0.967. The predicted octanol–water partition coefficient (Wildman–Crippen LogP) is -5.41. The molecule has 9 rings (SSSR count). The standard InChI is InChI=1S/C60H102O29/c1-23(9-13-35(57(4,5)79)88-55-50(89-54-49(78)43(72)38(67)29(20-63)84-54)45(74)40(69)31(86-55)22-81-52-47(76)42(71)37(66)28(19-62)83-52)24-15-16-58(6)32-12-10-25-26(60(32,8)33(64)17-59(24,58)7)11-14-34(56(25,2)3)87-53-48(77)44(73)39(68)30(85-53)21-80-51-46(75)41(70)36(65)27(18-61)82-51/h10,23-24,26-55,61-79H,9,11-22H2,1-8H3/t23-,24-,26-,27-,28-,29-,30-,31-,32-,33-,34+,35-,36-,37-,38-,39-,40-,41+,42+,43+,44+,45+,46-,47-,48-,49-,50-,51-,52-,53+,54+,55+,58+,59-,60+/m1/s1. The third-order valence-corrected chi connectivity index (χ3v) is 22.9. The predicted molar refractivity (Wildman–Crippen MR) is 300 cm³/mol. The average molecular weight is 1290 g/mol. The molecule has 9 aliphatic rings. The lowest BCUT2D eigenvalue weighted by Crippen LogP contribution is -2.65. The highest BCUT2D eigenvalue weighted by atomic mass is 16.8. The van der Waals surface area contributed by atoms with Crippen LogP contribution in [0.3, 0.4) is 0 Å². The molecule has 0 amide bonds. The minimum Gasteiger partial charge on any atom is -0.394 e. The van der Waals surface area contributed by atoms with Crippen molar-refractivity contribution in [3.05, 3.63) is 11.6 Å². The molecular weight excluding hydrogens is 1180 g/mol. The van der Waals surface area contributed by atoms with Crippen LogP contribution in [-0.2, 0) is 47.4 Å². The smallest absolute Gasteiger partial charge is 0.187 e. The highest BCUT2D eigenvalue weighted by Crippen LogP contribution is 2.75. The molecule has 19 N–H and O–H groups in total. The molecule has 0 unspecified atom stereocenters. The van der Waals surface area contributed by atoms with Crippen LogP contribution >= 0.6 is 0 Å². The Morgan fingerprint density at radius 3 is 1.45 bits per heavy atom. The molecule has 0 radical (unpaired) electrons. The van der Waals surface area contributed by atoms with E-state index in [1.807, 2.05) is 13.8 Å². The van der Waals surface area contributed by atoms with Crippen molar-refractivity contribution in [2.24, 2.45) is 45.3 Å². The van der Waals surface area contributed by atoms with Gasteiger partial charge in [0, 0.05) is 10.8 Å². The lowest BCUT2D eigenvalue weighted by molar-refractivity contribution is -0.380. The second kappa shape index (κ2) is 27.6. The maximum Gasteiger partial charge on any atom is 0.187 e. The number of hydrogen-bond donors (Lipinski definition) is 19. The van der Waals surface area contributed by atoms with Crippen molar-refractivity contribution >= 4 is 0 Å². The Morgan fingerprint density at radius 2 is 0.955 bits per heavy atom. The van der Waals surface area contributed by atoms with Gasteiger partial charge in [0.25, 0.3) is 0 Å². The van der Waals surface area contributed by atoms with E-state index in [9.17, 15) is 97.0 Å². The molecule has 0 bridgehead atoms. The van der Waals surface area contributed by atoms with Gasteiger partial charge in [-0.25, -0.2) is 0 Å². The highest BCUT2D eigenvalue weighted by Gasteiger charge is 2.70.